The van der Waals surface area contributed by atoms with Gasteiger partial charge in [-0.25, -0.2) is 4.68 Å². The molecular weight excluding hydrogens is 447 g/mol. The number of nitrogens with one attached hydrogen (secondary N) is 2. The van der Waals surface area contributed by atoms with Crippen molar-refractivity contribution in [2.24, 2.45) is 0 Å². The molecule has 2 N–H and O–H groups in total. The molecule has 1 aliphatic rings. The number of hydrogen-bond acceptors (Lipinski definition) is 4. The Morgan fingerprint density at radius 3 is 2.21 bits per heavy atom. The summed E-state index contributed by atoms with van der Waals surface area (Å²) in [6.07, 6.45) is -2.75. The van der Waals surface area contributed by atoms with Gasteiger partial charge in [0.2, 0.25) is 5.91 Å². The molecule has 0 unspecified atom stereocenters. The highest BCUT2D eigenvalue weighted by Gasteiger charge is 2.41. The monoisotopic (exact) mass is 471 g/mol. The lowest BCUT2D eigenvalue weighted by molar-refractivity contribution is -0.143. The molecule has 4 rings (SSSR count). The highest BCUT2D eigenvalue weighted by atomic mass is 19.4. The molecule has 1 fully saturated rings. The zero-order valence-corrected chi connectivity index (χ0v) is 18.3. The van der Waals surface area contributed by atoms with Crippen LogP contribution in [0.1, 0.15) is 28.9 Å². The van der Waals surface area contributed by atoms with E-state index in [9.17, 15) is 22.8 Å². The number of likely N-dealkylation sites (tertiary alicyclic amines) is 1. The molecule has 34 heavy (non-hydrogen) atoms. The van der Waals surface area contributed by atoms with Crippen LogP contribution in [0.15, 0.2) is 66.9 Å². The van der Waals surface area contributed by atoms with Crippen LogP contribution in [0, 0.1) is 0 Å². The second-order valence-electron chi connectivity index (χ2n) is 8.09. The Labute approximate surface area is 194 Å². The van der Waals surface area contributed by atoms with Crippen LogP contribution < -0.4 is 10.6 Å². The third-order valence-electron chi connectivity index (χ3n) is 5.63. The Hall–Kier alpha value is -3.66. The first kappa shape index (κ1) is 23.5. The highest BCUT2D eigenvalue weighted by molar-refractivity contribution is 5.95. The van der Waals surface area contributed by atoms with Crippen molar-refractivity contribution in [3.8, 4) is 5.69 Å². The van der Waals surface area contributed by atoms with Gasteiger partial charge in [-0.1, -0.05) is 36.4 Å². The van der Waals surface area contributed by atoms with Crippen molar-refractivity contribution < 1.29 is 22.8 Å². The minimum Gasteiger partial charge on any atom is -0.349 e. The molecule has 3 aromatic rings. The van der Waals surface area contributed by atoms with Gasteiger partial charge >= 0.3 is 6.18 Å². The molecule has 10 heteroatoms. The Bertz CT molecular complexity index is 1120. The molecule has 1 aliphatic heterocycles. The number of rotatable bonds is 6. The predicted molar refractivity (Wildman–Crippen MR) is 121 cm³/mol. The van der Waals surface area contributed by atoms with Gasteiger partial charge in [-0.3, -0.25) is 14.5 Å². The van der Waals surface area contributed by atoms with Crippen LogP contribution in [0.25, 0.3) is 5.69 Å². The Morgan fingerprint density at radius 2 is 1.59 bits per heavy atom. The number of benzene rings is 2. The number of para-hydroxylation sites is 2. The molecule has 7 nitrogen and oxygen atoms in total. The highest BCUT2D eigenvalue weighted by Crippen LogP contribution is 2.33. The van der Waals surface area contributed by atoms with E-state index in [0.717, 1.165) is 10.9 Å². The lowest BCUT2D eigenvalue weighted by Gasteiger charge is -2.31. The van der Waals surface area contributed by atoms with Crippen molar-refractivity contribution in [3.05, 3.63) is 78.1 Å². The third-order valence-corrected chi connectivity index (χ3v) is 5.63. The van der Waals surface area contributed by atoms with Gasteiger partial charge < -0.3 is 10.6 Å². The molecule has 0 saturated carbocycles. The van der Waals surface area contributed by atoms with E-state index in [1.54, 1.807) is 30.3 Å². The summed E-state index contributed by atoms with van der Waals surface area (Å²) < 4.78 is 42.2. The van der Waals surface area contributed by atoms with Crippen LogP contribution in [-0.2, 0) is 11.0 Å². The minimum atomic E-state index is -4.76. The molecule has 1 saturated heterocycles. The molecule has 0 spiro atoms. The van der Waals surface area contributed by atoms with E-state index in [0.29, 0.717) is 31.6 Å². The summed E-state index contributed by atoms with van der Waals surface area (Å²) in [4.78, 5) is 26.9. The van der Waals surface area contributed by atoms with Crippen LogP contribution in [0.5, 0.6) is 0 Å². The van der Waals surface area contributed by atoms with E-state index in [4.69, 9.17) is 0 Å². The number of carbonyl (C=O) groups is 2. The third kappa shape index (κ3) is 5.63. The van der Waals surface area contributed by atoms with E-state index >= 15 is 0 Å². The number of aromatic nitrogens is 2. The minimum absolute atomic E-state index is 0.142. The maximum atomic E-state index is 13.8. The predicted octanol–water partition coefficient (Wildman–Crippen LogP) is 3.72. The lowest BCUT2D eigenvalue weighted by atomic mass is 10.0. The Kier molecular flexibility index (Phi) is 6.97. The molecule has 2 aromatic carbocycles. The van der Waals surface area contributed by atoms with Gasteiger partial charge in [-0.15, -0.1) is 0 Å². The van der Waals surface area contributed by atoms with Crippen LogP contribution in [0.3, 0.4) is 0 Å². The van der Waals surface area contributed by atoms with Crippen LogP contribution in [0.4, 0.5) is 18.9 Å². The van der Waals surface area contributed by atoms with E-state index in [1.165, 1.54) is 12.1 Å². The first-order chi connectivity index (χ1) is 16.3. The summed E-state index contributed by atoms with van der Waals surface area (Å²) in [5.74, 6) is -0.952. The fourth-order valence-corrected chi connectivity index (χ4v) is 3.98. The van der Waals surface area contributed by atoms with E-state index < -0.39 is 23.3 Å². The van der Waals surface area contributed by atoms with Gasteiger partial charge in [-0.2, -0.15) is 18.3 Å². The van der Waals surface area contributed by atoms with Gasteiger partial charge in [0.1, 0.15) is 0 Å². The van der Waals surface area contributed by atoms with E-state index in [-0.39, 0.29) is 24.2 Å². The van der Waals surface area contributed by atoms with Gasteiger partial charge in [-0.05, 0) is 37.1 Å². The normalized spacial score (nSPS) is 15.1. The van der Waals surface area contributed by atoms with E-state index in [1.807, 2.05) is 23.1 Å². The lowest BCUT2D eigenvalue weighted by Crippen LogP contribution is -2.46. The van der Waals surface area contributed by atoms with Crippen molar-refractivity contribution in [1.29, 1.82) is 0 Å². The molecule has 0 radical (unpaired) electrons. The summed E-state index contributed by atoms with van der Waals surface area (Å²) in [5.41, 5.74) is -0.686. The molecular formula is C24H24F3N5O2. The zero-order chi connectivity index (χ0) is 24.1. The Morgan fingerprint density at radius 1 is 0.971 bits per heavy atom. The number of amides is 2. The second-order valence-corrected chi connectivity index (χ2v) is 8.09. The Balaban J connectivity index is 1.35. The topological polar surface area (TPSA) is 79.3 Å². The maximum Gasteiger partial charge on any atom is 0.434 e. The van der Waals surface area contributed by atoms with Gasteiger partial charge in [0, 0.05) is 24.8 Å². The average molecular weight is 471 g/mol. The van der Waals surface area contributed by atoms with Crippen LogP contribution in [0.2, 0.25) is 0 Å². The van der Waals surface area contributed by atoms with Crippen molar-refractivity contribution in [2.45, 2.75) is 25.1 Å². The van der Waals surface area contributed by atoms with Crippen molar-refractivity contribution in [1.82, 2.24) is 20.0 Å². The number of hydrogen-bond donors (Lipinski definition) is 2. The summed E-state index contributed by atoms with van der Waals surface area (Å²) >= 11 is 0. The maximum absolute atomic E-state index is 13.8. The largest absolute Gasteiger partial charge is 0.434 e. The fraction of sp³-hybridized carbons (Fsp3) is 0.292. The van der Waals surface area contributed by atoms with Crippen molar-refractivity contribution >= 4 is 17.5 Å². The van der Waals surface area contributed by atoms with Crippen LogP contribution >= 0.6 is 0 Å². The van der Waals surface area contributed by atoms with Gasteiger partial charge in [0.15, 0.2) is 5.69 Å². The number of nitrogens with zero attached hydrogens (tertiary/aromatic N) is 3. The smallest absolute Gasteiger partial charge is 0.349 e. The first-order valence-corrected chi connectivity index (χ1v) is 10.9. The SMILES string of the molecule is O=C(CN1CCC(NC(=O)c2cnn(-c3ccccc3)c2C(F)(F)F)CC1)Nc1ccccc1. The van der Waals surface area contributed by atoms with Crippen LogP contribution in [-0.4, -0.2) is 52.2 Å². The van der Waals surface area contributed by atoms with Crippen molar-refractivity contribution in [3.63, 3.8) is 0 Å². The summed E-state index contributed by atoms with van der Waals surface area (Å²) in [7, 11) is 0. The number of carbonyl (C=O) groups excluding carboxylic acids is 2. The zero-order valence-electron chi connectivity index (χ0n) is 18.3. The summed E-state index contributed by atoms with van der Waals surface area (Å²) in [6.45, 7) is 1.29. The number of alkyl halides is 3. The summed E-state index contributed by atoms with van der Waals surface area (Å²) in [5, 5.41) is 9.36. The van der Waals surface area contributed by atoms with E-state index in [2.05, 4.69) is 15.7 Å². The van der Waals surface area contributed by atoms with Gasteiger partial charge in [0.25, 0.3) is 5.91 Å². The number of anilines is 1. The summed E-state index contributed by atoms with van der Waals surface area (Å²) in [6, 6.07) is 16.7. The molecule has 178 valence electrons. The molecule has 0 atom stereocenters. The second kappa shape index (κ2) is 10.1. The number of halogens is 3. The standard InChI is InChI=1S/C24H24F3N5O2/c25-24(26,27)22-20(15-28-32(22)19-9-5-2-6-10-19)23(34)30-18-11-13-31(14-12-18)16-21(33)29-17-7-3-1-4-8-17/h1-10,15,18H,11-14,16H2,(H,29,33)(H,30,34). The molecule has 0 bridgehead atoms. The van der Waals surface area contributed by atoms with Crippen molar-refractivity contribution in [2.75, 3.05) is 25.0 Å². The fourth-order valence-electron chi connectivity index (χ4n) is 3.98. The number of piperidine rings is 1. The first-order valence-electron chi connectivity index (χ1n) is 10.9. The van der Waals surface area contributed by atoms with Gasteiger partial charge in [0.05, 0.1) is 24.0 Å². The molecule has 2 amide bonds. The molecule has 2 heterocycles. The average Bonchev–Trinajstić information content (AvgIpc) is 3.28. The molecule has 0 aliphatic carbocycles. The molecule has 1 aromatic heterocycles. The quantitative estimate of drug-likeness (QED) is 0.574.